The van der Waals surface area contributed by atoms with Crippen LogP contribution in [0.2, 0.25) is 0 Å². The maximum absolute atomic E-state index is 11.5. The Morgan fingerprint density at radius 1 is 1.22 bits per heavy atom. The Labute approximate surface area is 154 Å². The number of carbonyl (C=O) groups excluding carboxylic acids is 1. The zero-order valence-electron chi connectivity index (χ0n) is 14.1. The van der Waals surface area contributed by atoms with E-state index in [1.807, 2.05) is 37.7 Å². The first-order valence-corrected chi connectivity index (χ1v) is 7.29. The van der Waals surface area contributed by atoms with Crippen molar-refractivity contribution in [3.05, 3.63) is 18.5 Å². The van der Waals surface area contributed by atoms with Gasteiger partial charge in [0, 0.05) is 39.1 Å². The van der Waals surface area contributed by atoms with Crippen LogP contribution < -0.4 is 16.0 Å². The number of nitrogens with one attached hydrogen (secondary N) is 3. The predicted octanol–water partition coefficient (Wildman–Crippen LogP) is 1.19. The third-order valence-electron chi connectivity index (χ3n) is 2.50. The number of aromatic nitrogens is 2. The third kappa shape index (κ3) is 10.8. The molecule has 0 unspecified atom stereocenters. The summed E-state index contributed by atoms with van der Waals surface area (Å²) < 4.78 is 6.98. The average Bonchev–Trinajstić information content (AvgIpc) is 2.92. The maximum Gasteiger partial charge on any atom is 0.407 e. The molecule has 0 radical (unpaired) electrons. The summed E-state index contributed by atoms with van der Waals surface area (Å²) in [5.41, 5.74) is -0.485. The summed E-state index contributed by atoms with van der Waals surface area (Å²) in [6.45, 7) is 7.96. The van der Waals surface area contributed by atoms with E-state index in [0.29, 0.717) is 25.6 Å². The van der Waals surface area contributed by atoms with Gasteiger partial charge >= 0.3 is 6.09 Å². The van der Waals surface area contributed by atoms with Crippen molar-refractivity contribution >= 4 is 36.0 Å². The summed E-state index contributed by atoms with van der Waals surface area (Å²) in [5, 5.41) is 13.1. The largest absolute Gasteiger partial charge is 0.444 e. The number of guanidine groups is 1. The molecule has 0 aliphatic rings. The van der Waals surface area contributed by atoms with Crippen molar-refractivity contribution in [2.45, 2.75) is 32.9 Å². The van der Waals surface area contributed by atoms with E-state index in [2.05, 4.69) is 26.0 Å². The molecular formula is C14H27IN6O2. The van der Waals surface area contributed by atoms with Crippen molar-refractivity contribution in [1.29, 1.82) is 0 Å². The van der Waals surface area contributed by atoms with Crippen LogP contribution in [0.4, 0.5) is 4.79 Å². The normalized spacial score (nSPS) is 11.4. The van der Waals surface area contributed by atoms with Crippen molar-refractivity contribution in [2.24, 2.45) is 4.99 Å². The van der Waals surface area contributed by atoms with Gasteiger partial charge in [0.15, 0.2) is 5.96 Å². The molecule has 0 spiro atoms. The molecule has 0 aromatic carbocycles. The van der Waals surface area contributed by atoms with Crippen molar-refractivity contribution < 1.29 is 9.53 Å². The fraction of sp³-hybridized carbons (Fsp3) is 0.643. The van der Waals surface area contributed by atoms with Crippen LogP contribution in [-0.2, 0) is 11.3 Å². The number of ether oxygens (including phenoxy) is 1. The molecule has 0 bridgehead atoms. The lowest BCUT2D eigenvalue weighted by atomic mass is 10.2. The van der Waals surface area contributed by atoms with E-state index in [1.165, 1.54) is 0 Å². The van der Waals surface area contributed by atoms with Crippen LogP contribution in [0.3, 0.4) is 0 Å². The maximum atomic E-state index is 11.5. The highest BCUT2D eigenvalue weighted by molar-refractivity contribution is 14.0. The first kappa shape index (κ1) is 21.5. The second-order valence-corrected chi connectivity index (χ2v) is 5.62. The molecule has 1 aromatic heterocycles. The smallest absolute Gasteiger partial charge is 0.407 e. The van der Waals surface area contributed by atoms with E-state index < -0.39 is 11.7 Å². The molecule has 3 N–H and O–H groups in total. The highest BCUT2D eigenvalue weighted by Gasteiger charge is 2.15. The number of hydrogen-bond donors (Lipinski definition) is 3. The number of alkyl carbamates (subject to hydrolysis) is 1. The molecule has 132 valence electrons. The molecule has 0 fully saturated rings. The Hall–Kier alpha value is -1.52. The molecule has 0 aliphatic heterocycles. The highest BCUT2D eigenvalue weighted by Crippen LogP contribution is 2.05. The predicted molar refractivity (Wildman–Crippen MR) is 101 cm³/mol. The van der Waals surface area contributed by atoms with Crippen LogP contribution in [0.15, 0.2) is 23.5 Å². The summed E-state index contributed by atoms with van der Waals surface area (Å²) in [6, 6.07) is 1.88. The van der Waals surface area contributed by atoms with E-state index in [-0.39, 0.29) is 24.0 Å². The lowest BCUT2D eigenvalue weighted by Gasteiger charge is -2.19. The van der Waals surface area contributed by atoms with Crippen LogP contribution in [0.25, 0.3) is 0 Å². The SMILES string of the molecule is CN=C(NCCNC(=O)OC(C)(C)C)NCCn1cccn1.I. The average molecular weight is 438 g/mol. The van der Waals surface area contributed by atoms with E-state index in [9.17, 15) is 4.79 Å². The molecule has 0 saturated heterocycles. The van der Waals surface area contributed by atoms with Crippen LogP contribution >= 0.6 is 24.0 Å². The fourth-order valence-corrected chi connectivity index (χ4v) is 1.60. The van der Waals surface area contributed by atoms with Gasteiger partial charge in [-0.3, -0.25) is 9.67 Å². The number of rotatable bonds is 6. The topological polar surface area (TPSA) is 92.6 Å². The minimum atomic E-state index is -0.485. The summed E-state index contributed by atoms with van der Waals surface area (Å²) in [7, 11) is 1.70. The van der Waals surface area contributed by atoms with Gasteiger partial charge in [-0.05, 0) is 26.8 Å². The lowest BCUT2D eigenvalue weighted by Crippen LogP contribution is -2.43. The van der Waals surface area contributed by atoms with E-state index in [1.54, 1.807) is 13.2 Å². The van der Waals surface area contributed by atoms with Gasteiger partial charge in [0.1, 0.15) is 5.60 Å². The molecular weight excluding hydrogens is 411 g/mol. The number of amides is 1. The summed E-state index contributed by atoms with van der Waals surface area (Å²) >= 11 is 0. The zero-order chi connectivity index (χ0) is 16.4. The van der Waals surface area contributed by atoms with Crippen LogP contribution in [-0.4, -0.2) is 54.1 Å². The molecule has 1 heterocycles. The van der Waals surface area contributed by atoms with Gasteiger partial charge in [0.2, 0.25) is 0 Å². The molecule has 9 heteroatoms. The van der Waals surface area contributed by atoms with Gasteiger partial charge in [-0.25, -0.2) is 4.79 Å². The Bertz CT molecular complexity index is 470. The molecule has 0 saturated carbocycles. The number of aliphatic imine (C=N–C) groups is 1. The van der Waals surface area contributed by atoms with E-state index in [0.717, 1.165) is 6.54 Å². The van der Waals surface area contributed by atoms with Crippen molar-refractivity contribution in [1.82, 2.24) is 25.7 Å². The van der Waals surface area contributed by atoms with Gasteiger partial charge < -0.3 is 20.7 Å². The van der Waals surface area contributed by atoms with Gasteiger partial charge in [0.05, 0.1) is 6.54 Å². The van der Waals surface area contributed by atoms with Gasteiger partial charge in [-0.15, -0.1) is 24.0 Å². The molecule has 23 heavy (non-hydrogen) atoms. The quantitative estimate of drug-likeness (QED) is 0.269. The highest BCUT2D eigenvalue weighted by atomic mass is 127. The van der Waals surface area contributed by atoms with Crippen molar-refractivity contribution in [2.75, 3.05) is 26.7 Å². The Balaban J connectivity index is 0.00000484. The van der Waals surface area contributed by atoms with E-state index in [4.69, 9.17) is 4.74 Å². The van der Waals surface area contributed by atoms with Gasteiger partial charge in [-0.2, -0.15) is 5.10 Å². The first-order chi connectivity index (χ1) is 10.4. The first-order valence-electron chi connectivity index (χ1n) is 7.29. The molecule has 1 aromatic rings. The monoisotopic (exact) mass is 438 g/mol. The standard InChI is InChI=1S/C14H26N6O2.HI/c1-14(2,3)22-13(21)18-8-7-16-12(15-4)17-9-11-20-10-5-6-19-20;/h5-6,10H,7-9,11H2,1-4H3,(H,18,21)(H2,15,16,17);1H. The fourth-order valence-electron chi connectivity index (χ4n) is 1.60. The van der Waals surface area contributed by atoms with Crippen molar-refractivity contribution in [3.8, 4) is 0 Å². The lowest BCUT2D eigenvalue weighted by molar-refractivity contribution is 0.0529. The molecule has 0 aliphatic carbocycles. The minimum Gasteiger partial charge on any atom is -0.444 e. The number of halogens is 1. The number of carbonyl (C=O) groups is 1. The van der Waals surface area contributed by atoms with E-state index >= 15 is 0 Å². The summed E-state index contributed by atoms with van der Waals surface area (Å²) in [5.74, 6) is 0.679. The van der Waals surface area contributed by atoms with Gasteiger partial charge in [0.25, 0.3) is 0 Å². The minimum absolute atomic E-state index is 0. The Kier molecular flexibility index (Phi) is 10.4. The Morgan fingerprint density at radius 3 is 2.43 bits per heavy atom. The van der Waals surface area contributed by atoms with Crippen LogP contribution in [0.1, 0.15) is 20.8 Å². The zero-order valence-corrected chi connectivity index (χ0v) is 16.5. The third-order valence-corrected chi connectivity index (χ3v) is 2.50. The van der Waals surface area contributed by atoms with Crippen LogP contribution in [0, 0.1) is 0 Å². The Morgan fingerprint density at radius 2 is 1.87 bits per heavy atom. The molecule has 1 rings (SSSR count). The second-order valence-electron chi connectivity index (χ2n) is 5.62. The molecule has 0 atom stereocenters. The second kappa shape index (κ2) is 11.1. The van der Waals surface area contributed by atoms with Gasteiger partial charge in [-0.1, -0.05) is 0 Å². The van der Waals surface area contributed by atoms with Crippen LogP contribution in [0.5, 0.6) is 0 Å². The summed E-state index contributed by atoms with van der Waals surface area (Å²) in [6.07, 6.45) is 3.23. The van der Waals surface area contributed by atoms with Crippen molar-refractivity contribution in [3.63, 3.8) is 0 Å². The molecule has 8 nitrogen and oxygen atoms in total. The summed E-state index contributed by atoms with van der Waals surface area (Å²) in [4.78, 5) is 15.6. The number of nitrogens with zero attached hydrogens (tertiary/aromatic N) is 3. The number of hydrogen-bond acceptors (Lipinski definition) is 4. The molecule has 1 amide bonds.